The lowest BCUT2D eigenvalue weighted by Crippen LogP contribution is -2.62. The van der Waals surface area contributed by atoms with E-state index in [9.17, 15) is 39.3 Å². The fourth-order valence-electron chi connectivity index (χ4n) is 8.34. The van der Waals surface area contributed by atoms with Crippen LogP contribution in [-0.2, 0) is 28.7 Å². The normalized spacial score (nSPS) is 38.1. The number of esters is 1. The van der Waals surface area contributed by atoms with Crippen molar-refractivity contribution < 1.29 is 49.1 Å². The minimum absolute atomic E-state index is 0.0126. The number of aliphatic hydroxyl groups excluding tert-OH is 2. The van der Waals surface area contributed by atoms with Crippen molar-refractivity contribution in [1.82, 2.24) is 5.32 Å². The molecule has 4 aliphatic carbocycles. The van der Waals surface area contributed by atoms with Crippen LogP contribution in [-0.4, -0.2) is 80.3 Å². The van der Waals surface area contributed by atoms with Crippen molar-refractivity contribution in [1.29, 1.82) is 0 Å². The Bertz CT molecular complexity index is 1120. The molecule has 1 amide bonds. The van der Waals surface area contributed by atoms with Gasteiger partial charge in [0.15, 0.2) is 18.4 Å². The number of aliphatic carboxylic acids is 1. The Morgan fingerprint density at radius 2 is 1.82 bits per heavy atom. The summed E-state index contributed by atoms with van der Waals surface area (Å²) in [4.78, 5) is 60.8. The monoisotopic (exact) mass is 563 g/mol. The highest BCUT2D eigenvalue weighted by Crippen LogP contribution is 2.67. The van der Waals surface area contributed by atoms with Crippen LogP contribution in [0, 0.1) is 28.6 Å². The molecule has 5 N–H and O–H groups in total. The van der Waals surface area contributed by atoms with E-state index in [0.717, 1.165) is 18.4 Å². The van der Waals surface area contributed by atoms with E-state index < -0.39 is 72.3 Å². The number of carboxylic acid groups (broad SMARTS) is 1. The van der Waals surface area contributed by atoms with Gasteiger partial charge in [-0.15, -0.1) is 0 Å². The summed E-state index contributed by atoms with van der Waals surface area (Å²) < 4.78 is 5.09. The van der Waals surface area contributed by atoms with Gasteiger partial charge in [-0.05, 0) is 74.7 Å². The van der Waals surface area contributed by atoms with Crippen LogP contribution in [0.2, 0.25) is 0 Å². The van der Waals surface area contributed by atoms with Crippen molar-refractivity contribution in [2.24, 2.45) is 28.6 Å². The van der Waals surface area contributed by atoms with Gasteiger partial charge in [0.2, 0.25) is 11.7 Å². The molecule has 11 nitrogen and oxygen atoms in total. The number of hydrogen-bond donors (Lipinski definition) is 5. The van der Waals surface area contributed by atoms with Crippen LogP contribution >= 0.6 is 0 Å². The number of carbonyl (C=O) groups is 5. The summed E-state index contributed by atoms with van der Waals surface area (Å²) >= 11 is 0. The molecule has 0 spiro atoms. The number of hydrogen-bond acceptors (Lipinski definition) is 9. The molecule has 0 aromatic rings. The predicted octanol–water partition coefficient (Wildman–Crippen LogP) is 1.06. The number of allylic oxidation sites excluding steroid dienone is 1. The Morgan fingerprint density at radius 3 is 2.48 bits per heavy atom. The summed E-state index contributed by atoms with van der Waals surface area (Å²) in [6.45, 7) is 4.51. The number of carbonyl (C=O) groups excluding carboxylic acids is 4. The Morgan fingerprint density at radius 1 is 1.12 bits per heavy atom. The van der Waals surface area contributed by atoms with E-state index in [1.165, 1.54) is 6.92 Å². The zero-order valence-corrected chi connectivity index (χ0v) is 23.4. The SMILES string of the molecule is C[C@@H](O)[C@@H](NC(=O)CCC(=O)OCC(=O)[C@@]1(O)CC[C@H]2[C@@H]3CCC4=CC(=O)CC[C@]4(C)[C@H]3[C@@H](O)C[C@@]21C)C(=O)O. The van der Waals surface area contributed by atoms with E-state index in [1.54, 1.807) is 6.08 Å². The smallest absolute Gasteiger partial charge is 0.328 e. The number of aliphatic hydroxyl groups is 3. The van der Waals surface area contributed by atoms with E-state index in [-0.39, 0.29) is 41.8 Å². The highest BCUT2D eigenvalue weighted by Gasteiger charge is 2.68. The molecule has 40 heavy (non-hydrogen) atoms. The third-order valence-corrected chi connectivity index (χ3v) is 10.5. The quantitative estimate of drug-likeness (QED) is 0.254. The zero-order valence-electron chi connectivity index (χ0n) is 23.4. The number of ketones is 2. The van der Waals surface area contributed by atoms with Gasteiger partial charge >= 0.3 is 11.9 Å². The maximum absolute atomic E-state index is 13.3. The minimum atomic E-state index is -1.78. The first-order chi connectivity index (χ1) is 18.6. The van der Waals surface area contributed by atoms with Crippen molar-refractivity contribution >= 4 is 29.4 Å². The second kappa shape index (κ2) is 11.0. The van der Waals surface area contributed by atoms with Crippen LogP contribution in [0.15, 0.2) is 11.6 Å². The molecular weight excluding hydrogens is 522 g/mol. The standard InChI is InChI=1S/C29H41NO10/c1-15(31)25(26(37)38)30-22(35)6-7-23(36)40-14-21(34)29(39)11-9-19-18-5-4-16-12-17(32)8-10-27(16,2)24(18)20(33)13-28(19,29)3/h12,15,18-20,24-25,31,33,39H,4-11,13-14H2,1-3H3,(H,30,35)(H,37,38)/t15-,18+,19+,20+,24-,25-,27+,28+,29+/m1/s1. The molecule has 0 bridgehead atoms. The Hall–Kier alpha value is -2.63. The number of Topliss-reactive ketones (excluding diaryl/α,β-unsaturated/α-hetero) is 1. The van der Waals surface area contributed by atoms with Crippen LogP contribution in [0.4, 0.5) is 0 Å². The van der Waals surface area contributed by atoms with Gasteiger partial charge in [-0.25, -0.2) is 4.79 Å². The first kappa shape index (κ1) is 30.3. The lowest BCUT2D eigenvalue weighted by atomic mass is 9.45. The molecule has 4 rings (SSSR count). The number of amides is 1. The van der Waals surface area contributed by atoms with E-state index in [4.69, 9.17) is 9.84 Å². The largest absolute Gasteiger partial charge is 0.480 e. The maximum Gasteiger partial charge on any atom is 0.328 e. The van der Waals surface area contributed by atoms with Crippen molar-refractivity contribution in [3.8, 4) is 0 Å². The molecule has 0 heterocycles. The predicted molar refractivity (Wildman–Crippen MR) is 139 cm³/mol. The van der Waals surface area contributed by atoms with Gasteiger partial charge in [0, 0.05) is 18.3 Å². The summed E-state index contributed by atoms with van der Waals surface area (Å²) in [5, 5.41) is 43.8. The van der Waals surface area contributed by atoms with E-state index in [2.05, 4.69) is 12.2 Å². The van der Waals surface area contributed by atoms with Crippen LogP contribution in [0.5, 0.6) is 0 Å². The lowest BCUT2D eigenvalue weighted by molar-refractivity contribution is -0.184. The molecule has 0 unspecified atom stereocenters. The molecular formula is C29H41NO10. The molecule has 0 aliphatic heterocycles. The summed E-state index contributed by atoms with van der Waals surface area (Å²) in [7, 11) is 0. The maximum atomic E-state index is 13.3. The molecule has 4 aliphatic rings. The molecule has 0 radical (unpaired) electrons. The molecule has 0 saturated heterocycles. The van der Waals surface area contributed by atoms with E-state index >= 15 is 0 Å². The summed E-state index contributed by atoms with van der Waals surface area (Å²) in [5.74, 6) is -3.55. The summed E-state index contributed by atoms with van der Waals surface area (Å²) in [6.07, 6.45) is 2.53. The van der Waals surface area contributed by atoms with Crippen molar-refractivity contribution in [3.63, 3.8) is 0 Å². The topological polar surface area (TPSA) is 188 Å². The third-order valence-electron chi connectivity index (χ3n) is 10.5. The second-order valence-electron chi connectivity index (χ2n) is 12.7. The van der Waals surface area contributed by atoms with Gasteiger partial charge in [-0.2, -0.15) is 0 Å². The Kier molecular flexibility index (Phi) is 8.33. The summed E-state index contributed by atoms with van der Waals surface area (Å²) in [5.41, 5.74) is -1.88. The minimum Gasteiger partial charge on any atom is -0.480 e. The number of carboxylic acids is 1. The second-order valence-corrected chi connectivity index (χ2v) is 12.7. The summed E-state index contributed by atoms with van der Waals surface area (Å²) in [6, 6.07) is -1.52. The third kappa shape index (κ3) is 5.12. The van der Waals surface area contributed by atoms with Crippen molar-refractivity contribution in [2.75, 3.05) is 6.61 Å². The molecule has 0 aromatic carbocycles. The Balaban J connectivity index is 1.38. The van der Waals surface area contributed by atoms with Gasteiger partial charge in [-0.3, -0.25) is 19.2 Å². The van der Waals surface area contributed by atoms with Gasteiger partial charge in [0.25, 0.3) is 0 Å². The van der Waals surface area contributed by atoms with Gasteiger partial charge in [-0.1, -0.05) is 19.4 Å². The molecule has 222 valence electrons. The molecule has 0 aromatic heterocycles. The van der Waals surface area contributed by atoms with Crippen molar-refractivity contribution in [3.05, 3.63) is 11.6 Å². The van der Waals surface area contributed by atoms with Crippen LogP contribution in [0.3, 0.4) is 0 Å². The average Bonchev–Trinajstić information content (AvgIpc) is 3.15. The molecule has 11 heteroatoms. The zero-order chi connectivity index (χ0) is 29.6. The van der Waals surface area contributed by atoms with Gasteiger partial charge in [0.1, 0.15) is 5.60 Å². The van der Waals surface area contributed by atoms with Gasteiger partial charge < -0.3 is 30.5 Å². The van der Waals surface area contributed by atoms with E-state index in [0.29, 0.717) is 19.3 Å². The fourth-order valence-corrected chi connectivity index (χ4v) is 8.34. The fraction of sp³-hybridized carbons (Fsp3) is 0.759. The molecule has 9 atom stereocenters. The first-order valence-corrected chi connectivity index (χ1v) is 14.2. The number of nitrogens with one attached hydrogen (secondary N) is 1. The van der Waals surface area contributed by atoms with E-state index in [1.807, 2.05) is 6.92 Å². The highest BCUT2D eigenvalue weighted by molar-refractivity contribution is 5.92. The molecule has 3 saturated carbocycles. The number of rotatable bonds is 9. The lowest BCUT2D eigenvalue weighted by Gasteiger charge is -2.60. The van der Waals surface area contributed by atoms with Gasteiger partial charge in [0.05, 0.1) is 18.6 Å². The van der Waals surface area contributed by atoms with Crippen molar-refractivity contribution in [2.45, 2.75) is 102 Å². The molecule has 3 fully saturated rings. The first-order valence-electron chi connectivity index (χ1n) is 14.2. The average molecular weight is 564 g/mol. The number of fused-ring (bicyclic) bond motifs is 5. The Labute approximate surface area is 233 Å². The van der Waals surface area contributed by atoms with Crippen LogP contribution in [0.1, 0.15) is 78.6 Å². The van der Waals surface area contributed by atoms with Crippen LogP contribution in [0.25, 0.3) is 0 Å². The number of ether oxygens (including phenoxy) is 1. The van der Waals surface area contributed by atoms with Crippen LogP contribution < -0.4 is 5.32 Å². The highest BCUT2D eigenvalue weighted by atomic mass is 16.5.